The van der Waals surface area contributed by atoms with Gasteiger partial charge in [0.1, 0.15) is 11.4 Å². The number of amides is 2. The highest BCUT2D eigenvalue weighted by Gasteiger charge is 2.34. The first kappa shape index (κ1) is 23.8. The van der Waals surface area contributed by atoms with Crippen LogP contribution in [0.15, 0.2) is 54.0 Å². The highest BCUT2D eigenvalue weighted by atomic mass is 32.1. The van der Waals surface area contributed by atoms with Crippen LogP contribution >= 0.6 is 11.3 Å². The molecule has 3 aromatic heterocycles. The Bertz CT molecular complexity index is 1440. The minimum Gasteiger partial charge on any atom is -0.395 e. The molecule has 3 N–H and O–H groups in total. The molecule has 0 radical (unpaired) electrons. The summed E-state index contributed by atoms with van der Waals surface area (Å²) in [6.45, 7) is 1.85. The summed E-state index contributed by atoms with van der Waals surface area (Å²) in [7, 11) is 1.85. The number of hydrogen-bond acceptors (Lipinski definition) is 7. The van der Waals surface area contributed by atoms with Crippen molar-refractivity contribution in [2.75, 3.05) is 18.5 Å². The highest BCUT2D eigenvalue weighted by molar-refractivity contribution is 7.14. The van der Waals surface area contributed by atoms with Gasteiger partial charge in [-0.15, -0.1) is 11.3 Å². The molecule has 0 bridgehead atoms. The number of aliphatic hydroxyl groups excluding tert-OH is 1. The Labute approximate surface area is 212 Å². The molecule has 1 aromatic carbocycles. The van der Waals surface area contributed by atoms with Gasteiger partial charge in [-0.05, 0) is 54.3 Å². The Morgan fingerprint density at radius 1 is 1.11 bits per heavy atom. The Morgan fingerprint density at radius 3 is 2.67 bits per heavy atom. The summed E-state index contributed by atoms with van der Waals surface area (Å²) in [5.41, 5.74) is 5.11. The van der Waals surface area contributed by atoms with E-state index in [1.54, 1.807) is 10.7 Å². The lowest BCUT2D eigenvalue weighted by atomic mass is 9.84. The number of aromatic nitrogens is 4. The summed E-state index contributed by atoms with van der Waals surface area (Å²) in [5, 5.41) is 21.8. The molecule has 2 amide bonds. The molecule has 0 saturated carbocycles. The predicted molar refractivity (Wildman–Crippen MR) is 138 cm³/mol. The standard InChI is InChI=1S/C26H26N6O3S/c1-26(15-33)10-8-16-6-7-17(12-18(16)26)24(35)27-13-23(34)30-25-29-22(14-36-25)20-5-3-4-19(28-20)21-9-11-32(2)31-21/h3-7,9,11-12,14,33H,8,10,13,15H2,1-2H3,(H,27,35)(H,29,30,34)/t26-/m1/s1. The predicted octanol–water partition coefficient (Wildman–Crippen LogP) is 3.17. The van der Waals surface area contributed by atoms with Gasteiger partial charge in [-0.25, -0.2) is 9.97 Å². The van der Waals surface area contributed by atoms with E-state index in [9.17, 15) is 14.7 Å². The molecule has 5 rings (SSSR count). The normalized spacial score (nSPS) is 16.5. The fourth-order valence-electron chi connectivity index (χ4n) is 4.35. The number of carbonyl (C=O) groups is 2. The van der Waals surface area contributed by atoms with Crippen LogP contribution in [0.4, 0.5) is 5.13 Å². The lowest BCUT2D eigenvalue weighted by molar-refractivity contribution is -0.115. The molecule has 1 aliphatic carbocycles. The number of aryl methyl sites for hydroxylation is 2. The first-order chi connectivity index (χ1) is 17.3. The van der Waals surface area contributed by atoms with E-state index >= 15 is 0 Å². The van der Waals surface area contributed by atoms with Gasteiger partial charge in [-0.3, -0.25) is 14.3 Å². The maximum atomic E-state index is 12.7. The van der Waals surface area contributed by atoms with Crippen molar-refractivity contribution in [3.8, 4) is 22.8 Å². The van der Waals surface area contributed by atoms with E-state index in [-0.39, 0.29) is 30.4 Å². The molecule has 0 saturated heterocycles. The maximum absolute atomic E-state index is 12.7. The first-order valence-corrected chi connectivity index (χ1v) is 12.5. The zero-order chi connectivity index (χ0) is 25.3. The highest BCUT2D eigenvalue weighted by Crippen LogP contribution is 2.38. The fraction of sp³-hybridized carbons (Fsp3) is 0.269. The van der Waals surface area contributed by atoms with Crippen molar-refractivity contribution in [3.05, 3.63) is 70.7 Å². The Morgan fingerprint density at radius 2 is 1.92 bits per heavy atom. The van der Waals surface area contributed by atoms with Crippen molar-refractivity contribution >= 4 is 28.3 Å². The van der Waals surface area contributed by atoms with Gasteiger partial charge < -0.3 is 15.7 Å². The third kappa shape index (κ3) is 4.77. The molecule has 3 heterocycles. The van der Waals surface area contributed by atoms with Gasteiger partial charge >= 0.3 is 0 Å². The van der Waals surface area contributed by atoms with Crippen molar-refractivity contribution in [3.63, 3.8) is 0 Å². The number of thiazole rings is 1. The number of benzene rings is 1. The number of pyridine rings is 1. The monoisotopic (exact) mass is 502 g/mol. The van der Waals surface area contributed by atoms with Crippen LogP contribution in [0.25, 0.3) is 22.8 Å². The minimum atomic E-state index is -0.374. The number of fused-ring (bicyclic) bond motifs is 1. The number of aliphatic hydroxyl groups is 1. The van der Waals surface area contributed by atoms with E-state index < -0.39 is 0 Å². The summed E-state index contributed by atoms with van der Waals surface area (Å²) in [6, 6.07) is 13.0. The van der Waals surface area contributed by atoms with E-state index in [4.69, 9.17) is 0 Å². The number of anilines is 1. The van der Waals surface area contributed by atoms with Crippen LogP contribution in [-0.2, 0) is 23.7 Å². The van der Waals surface area contributed by atoms with Crippen molar-refractivity contribution in [1.29, 1.82) is 0 Å². The fourth-order valence-corrected chi connectivity index (χ4v) is 5.07. The van der Waals surface area contributed by atoms with Crippen LogP contribution in [-0.4, -0.2) is 49.8 Å². The summed E-state index contributed by atoms with van der Waals surface area (Å²) >= 11 is 1.29. The largest absolute Gasteiger partial charge is 0.395 e. The van der Waals surface area contributed by atoms with E-state index in [0.717, 1.165) is 35.4 Å². The van der Waals surface area contributed by atoms with Gasteiger partial charge in [-0.1, -0.05) is 19.1 Å². The van der Waals surface area contributed by atoms with Gasteiger partial charge in [0.05, 0.1) is 24.5 Å². The van der Waals surface area contributed by atoms with Crippen molar-refractivity contribution in [2.45, 2.75) is 25.2 Å². The summed E-state index contributed by atoms with van der Waals surface area (Å²) in [5.74, 6) is -0.712. The van der Waals surface area contributed by atoms with E-state index in [1.165, 1.54) is 11.3 Å². The molecule has 184 valence electrons. The maximum Gasteiger partial charge on any atom is 0.251 e. The van der Waals surface area contributed by atoms with E-state index in [1.807, 2.05) is 61.9 Å². The van der Waals surface area contributed by atoms with Crippen LogP contribution < -0.4 is 10.6 Å². The molecule has 4 aromatic rings. The van der Waals surface area contributed by atoms with Crippen molar-refractivity contribution < 1.29 is 14.7 Å². The minimum absolute atomic E-state index is 0.0340. The molecule has 1 atom stereocenters. The number of hydrogen-bond donors (Lipinski definition) is 3. The second-order valence-electron chi connectivity index (χ2n) is 9.14. The second-order valence-corrected chi connectivity index (χ2v) is 10.0. The van der Waals surface area contributed by atoms with E-state index in [0.29, 0.717) is 22.1 Å². The molecule has 9 nitrogen and oxygen atoms in total. The number of rotatable bonds is 7. The quantitative estimate of drug-likeness (QED) is 0.357. The molecule has 0 unspecified atom stereocenters. The molecule has 0 fully saturated rings. The SMILES string of the molecule is Cn1ccc(-c2cccc(-c3csc(NC(=O)CNC(=O)c4ccc5c(c4)[C@@](C)(CO)CC5)n3)n2)n1. The Hall–Kier alpha value is -3.89. The lowest BCUT2D eigenvalue weighted by Crippen LogP contribution is -2.33. The molecule has 0 aliphatic heterocycles. The molecule has 10 heteroatoms. The van der Waals surface area contributed by atoms with Gasteiger partial charge in [0.15, 0.2) is 5.13 Å². The smallest absolute Gasteiger partial charge is 0.251 e. The molecule has 1 aliphatic rings. The Balaban J connectivity index is 1.20. The van der Waals surface area contributed by atoms with Gasteiger partial charge in [0.25, 0.3) is 5.91 Å². The zero-order valence-electron chi connectivity index (χ0n) is 20.0. The third-order valence-corrected chi connectivity index (χ3v) is 7.22. The molecular formula is C26H26N6O3S. The van der Waals surface area contributed by atoms with E-state index in [2.05, 4.69) is 25.7 Å². The van der Waals surface area contributed by atoms with Crippen LogP contribution in [0.1, 0.15) is 34.8 Å². The second kappa shape index (κ2) is 9.63. The van der Waals surface area contributed by atoms with Gasteiger partial charge in [-0.2, -0.15) is 5.10 Å². The van der Waals surface area contributed by atoms with Crippen LogP contribution in [0.5, 0.6) is 0 Å². The van der Waals surface area contributed by atoms with Gasteiger partial charge in [0, 0.05) is 29.6 Å². The third-order valence-electron chi connectivity index (χ3n) is 6.46. The lowest BCUT2D eigenvalue weighted by Gasteiger charge is -2.22. The van der Waals surface area contributed by atoms with Crippen LogP contribution in [0, 0.1) is 0 Å². The summed E-state index contributed by atoms with van der Waals surface area (Å²) < 4.78 is 1.72. The zero-order valence-corrected chi connectivity index (χ0v) is 20.8. The summed E-state index contributed by atoms with van der Waals surface area (Å²) in [4.78, 5) is 34.2. The van der Waals surface area contributed by atoms with Crippen LogP contribution in [0.2, 0.25) is 0 Å². The average Bonchev–Trinajstić information content (AvgIpc) is 3.62. The van der Waals surface area contributed by atoms with Crippen LogP contribution in [0.3, 0.4) is 0 Å². The Kier molecular flexibility index (Phi) is 6.38. The number of carbonyl (C=O) groups excluding carboxylic acids is 2. The van der Waals surface area contributed by atoms with Gasteiger partial charge in [0.2, 0.25) is 5.91 Å². The average molecular weight is 503 g/mol. The van der Waals surface area contributed by atoms with Crippen molar-refractivity contribution in [2.24, 2.45) is 7.05 Å². The molecule has 36 heavy (non-hydrogen) atoms. The van der Waals surface area contributed by atoms with Crippen molar-refractivity contribution in [1.82, 2.24) is 25.1 Å². The summed E-state index contributed by atoms with van der Waals surface area (Å²) in [6.07, 6.45) is 3.59. The topological polar surface area (TPSA) is 122 Å². The molecular weight excluding hydrogens is 476 g/mol. The number of nitrogens with zero attached hydrogens (tertiary/aromatic N) is 4. The first-order valence-electron chi connectivity index (χ1n) is 11.6. The molecule has 0 spiro atoms. The number of nitrogens with one attached hydrogen (secondary N) is 2.